The summed E-state index contributed by atoms with van der Waals surface area (Å²) in [5, 5.41) is 2.80. The van der Waals surface area contributed by atoms with E-state index in [2.05, 4.69) is 5.32 Å². The number of hydrogen-bond donors (Lipinski definition) is 1. The van der Waals surface area contributed by atoms with Crippen LogP contribution in [0.1, 0.15) is 38.3 Å². The SMILES string of the molecule is CCOC(=O)N1CCCC(C(=O)NC(C)c2ccc(F)c(F)c2)C1. The van der Waals surface area contributed by atoms with Crippen molar-refractivity contribution in [2.75, 3.05) is 19.7 Å². The van der Waals surface area contributed by atoms with Crippen LogP contribution < -0.4 is 5.32 Å². The highest BCUT2D eigenvalue weighted by molar-refractivity contribution is 5.80. The van der Waals surface area contributed by atoms with Crippen LogP contribution in [0.25, 0.3) is 0 Å². The topological polar surface area (TPSA) is 58.6 Å². The molecule has 1 saturated heterocycles. The van der Waals surface area contributed by atoms with Gasteiger partial charge in [0.25, 0.3) is 0 Å². The van der Waals surface area contributed by atoms with Crippen molar-refractivity contribution < 1.29 is 23.1 Å². The molecule has 1 N–H and O–H groups in total. The van der Waals surface area contributed by atoms with E-state index in [1.807, 2.05) is 0 Å². The van der Waals surface area contributed by atoms with Crippen LogP contribution in [0.5, 0.6) is 0 Å². The van der Waals surface area contributed by atoms with E-state index in [4.69, 9.17) is 4.74 Å². The Balaban J connectivity index is 1.95. The molecule has 0 aromatic heterocycles. The molecule has 5 nitrogen and oxygen atoms in total. The molecule has 0 saturated carbocycles. The van der Waals surface area contributed by atoms with Crippen LogP contribution in [0, 0.1) is 17.6 Å². The van der Waals surface area contributed by atoms with Gasteiger partial charge in [0.15, 0.2) is 11.6 Å². The summed E-state index contributed by atoms with van der Waals surface area (Å²) in [7, 11) is 0. The number of rotatable bonds is 4. The van der Waals surface area contributed by atoms with Gasteiger partial charge in [-0.2, -0.15) is 0 Å². The van der Waals surface area contributed by atoms with Crippen LogP contribution in [0.15, 0.2) is 18.2 Å². The van der Waals surface area contributed by atoms with Gasteiger partial charge < -0.3 is 15.0 Å². The highest BCUT2D eigenvalue weighted by atomic mass is 19.2. The zero-order valence-corrected chi connectivity index (χ0v) is 13.9. The number of carbonyl (C=O) groups is 2. The Morgan fingerprint density at radius 3 is 2.79 bits per heavy atom. The van der Waals surface area contributed by atoms with Crippen molar-refractivity contribution in [3.05, 3.63) is 35.4 Å². The van der Waals surface area contributed by atoms with Gasteiger partial charge >= 0.3 is 6.09 Å². The fourth-order valence-electron chi connectivity index (χ4n) is 2.77. The number of ether oxygens (including phenoxy) is 1. The summed E-state index contributed by atoms with van der Waals surface area (Å²) in [5.41, 5.74) is 0.486. The first-order valence-corrected chi connectivity index (χ1v) is 8.09. The largest absolute Gasteiger partial charge is 0.450 e. The Morgan fingerprint density at radius 1 is 1.38 bits per heavy atom. The fraction of sp³-hybridized carbons (Fsp3) is 0.529. The molecule has 0 spiro atoms. The van der Waals surface area contributed by atoms with Crippen LogP contribution >= 0.6 is 0 Å². The molecule has 2 amide bonds. The number of amides is 2. The lowest BCUT2D eigenvalue weighted by Gasteiger charge is -2.31. The van der Waals surface area contributed by atoms with E-state index in [1.165, 1.54) is 11.0 Å². The third-order valence-corrected chi connectivity index (χ3v) is 4.12. The summed E-state index contributed by atoms with van der Waals surface area (Å²) in [6.45, 7) is 4.60. The molecular formula is C17H22F2N2O3. The van der Waals surface area contributed by atoms with Crippen LogP contribution in [0.2, 0.25) is 0 Å². The number of halogens is 2. The zero-order valence-electron chi connectivity index (χ0n) is 13.9. The molecule has 7 heteroatoms. The minimum Gasteiger partial charge on any atom is -0.450 e. The Labute approximate surface area is 140 Å². The van der Waals surface area contributed by atoms with Crippen molar-refractivity contribution in [3.63, 3.8) is 0 Å². The van der Waals surface area contributed by atoms with Crippen molar-refractivity contribution >= 4 is 12.0 Å². The lowest BCUT2D eigenvalue weighted by Crippen LogP contribution is -2.46. The van der Waals surface area contributed by atoms with Gasteiger partial charge in [-0.1, -0.05) is 6.07 Å². The van der Waals surface area contributed by atoms with E-state index in [0.717, 1.165) is 18.6 Å². The second-order valence-electron chi connectivity index (χ2n) is 5.89. The normalized spacial score (nSPS) is 18.8. The average molecular weight is 340 g/mol. The van der Waals surface area contributed by atoms with Crippen LogP contribution in [0.3, 0.4) is 0 Å². The number of piperidine rings is 1. The standard InChI is InChI=1S/C17H22F2N2O3/c1-3-24-17(23)21-8-4-5-13(10-21)16(22)20-11(2)12-6-7-14(18)15(19)9-12/h6-7,9,11,13H,3-5,8,10H2,1-2H3,(H,20,22). The van der Waals surface area contributed by atoms with Gasteiger partial charge in [0, 0.05) is 13.1 Å². The van der Waals surface area contributed by atoms with Crippen molar-refractivity contribution in [1.82, 2.24) is 10.2 Å². The van der Waals surface area contributed by atoms with E-state index >= 15 is 0 Å². The maximum Gasteiger partial charge on any atom is 0.409 e. The van der Waals surface area contributed by atoms with E-state index < -0.39 is 23.8 Å². The molecule has 2 atom stereocenters. The van der Waals surface area contributed by atoms with Crippen molar-refractivity contribution in [1.29, 1.82) is 0 Å². The Hall–Kier alpha value is -2.18. The van der Waals surface area contributed by atoms with Crippen LogP contribution in [-0.4, -0.2) is 36.6 Å². The summed E-state index contributed by atoms with van der Waals surface area (Å²) in [4.78, 5) is 25.7. The Bertz CT molecular complexity index is 609. The van der Waals surface area contributed by atoms with Crippen molar-refractivity contribution in [3.8, 4) is 0 Å². The summed E-state index contributed by atoms with van der Waals surface area (Å²) < 4.78 is 31.2. The zero-order chi connectivity index (χ0) is 17.7. The molecule has 0 aliphatic carbocycles. The van der Waals surface area contributed by atoms with Gasteiger partial charge in [0.1, 0.15) is 0 Å². The number of benzene rings is 1. The molecule has 1 heterocycles. The third-order valence-electron chi connectivity index (χ3n) is 4.12. The summed E-state index contributed by atoms with van der Waals surface area (Å²) >= 11 is 0. The van der Waals surface area contributed by atoms with Gasteiger partial charge in [0.05, 0.1) is 18.6 Å². The lowest BCUT2D eigenvalue weighted by atomic mass is 9.96. The first-order chi connectivity index (χ1) is 11.4. The maximum atomic E-state index is 13.3. The van der Waals surface area contributed by atoms with Crippen molar-refractivity contribution in [2.45, 2.75) is 32.7 Å². The average Bonchev–Trinajstić information content (AvgIpc) is 2.57. The summed E-state index contributed by atoms with van der Waals surface area (Å²) in [6.07, 6.45) is 0.978. The molecule has 24 heavy (non-hydrogen) atoms. The number of hydrogen-bond acceptors (Lipinski definition) is 3. The first kappa shape index (κ1) is 18.2. The second kappa shape index (κ2) is 8.08. The van der Waals surface area contributed by atoms with Gasteiger partial charge in [-0.15, -0.1) is 0 Å². The van der Waals surface area contributed by atoms with Gasteiger partial charge in [-0.3, -0.25) is 4.79 Å². The number of carbonyl (C=O) groups excluding carboxylic acids is 2. The predicted molar refractivity (Wildman–Crippen MR) is 84.2 cm³/mol. The summed E-state index contributed by atoms with van der Waals surface area (Å²) in [5.74, 6) is -2.41. The van der Waals surface area contributed by atoms with E-state index in [-0.39, 0.29) is 11.8 Å². The highest BCUT2D eigenvalue weighted by Gasteiger charge is 2.29. The minimum atomic E-state index is -0.945. The van der Waals surface area contributed by atoms with E-state index in [0.29, 0.717) is 31.7 Å². The minimum absolute atomic E-state index is 0.207. The van der Waals surface area contributed by atoms with Gasteiger partial charge in [-0.25, -0.2) is 13.6 Å². The fourth-order valence-corrected chi connectivity index (χ4v) is 2.77. The van der Waals surface area contributed by atoms with Crippen molar-refractivity contribution in [2.24, 2.45) is 5.92 Å². The second-order valence-corrected chi connectivity index (χ2v) is 5.89. The quantitative estimate of drug-likeness (QED) is 0.917. The number of nitrogens with zero attached hydrogens (tertiary/aromatic N) is 1. The molecular weight excluding hydrogens is 318 g/mol. The summed E-state index contributed by atoms with van der Waals surface area (Å²) in [6, 6.07) is 3.10. The van der Waals surface area contributed by atoms with Gasteiger partial charge in [0.2, 0.25) is 5.91 Å². The molecule has 2 rings (SSSR count). The maximum absolute atomic E-state index is 13.3. The number of nitrogens with one attached hydrogen (secondary N) is 1. The molecule has 0 radical (unpaired) electrons. The molecule has 1 aliphatic heterocycles. The van der Waals surface area contributed by atoms with Crippen LogP contribution in [0.4, 0.5) is 13.6 Å². The molecule has 132 valence electrons. The highest BCUT2D eigenvalue weighted by Crippen LogP contribution is 2.20. The number of likely N-dealkylation sites (tertiary alicyclic amines) is 1. The molecule has 1 fully saturated rings. The Kier molecular flexibility index (Phi) is 6.11. The molecule has 2 unspecified atom stereocenters. The molecule has 1 aliphatic rings. The predicted octanol–water partition coefficient (Wildman–Crippen LogP) is 3.01. The molecule has 0 bridgehead atoms. The first-order valence-electron chi connectivity index (χ1n) is 8.09. The third kappa shape index (κ3) is 4.43. The lowest BCUT2D eigenvalue weighted by molar-refractivity contribution is -0.127. The van der Waals surface area contributed by atoms with Gasteiger partial charge in [-0.05, 0) is 44.4 Å². The van der Waals surface area contributed by atoms with E-state index in [1.54, 1.807) is 13.8 Å². The Morgan fingerprint density at radius 2 is 2.12 bits per heavy atom. The van der Waals surface area contributed by atoms with E-state index in [9.17, 15) is 18.4 Å². The monoisotopic (exact) mass is 340 g/mol. The smallest absolute Gasteiger partial charge is 0.409 e. The molecule has 1 aromatic rings. The van der Waals surface area contributed by atoms with Crippen LogP contribution in [-0.2, 0) is 9.53 Å². The molecule has 1 aromatic carbocycles.